The van der Waals surface area contributed by atoms with Crippen molar-refractivity contribution >= 4 is 29.1 Å². The molecule has 0 atom stereocenters. The number of benzene rings is 2. The molecule has 2 amide bonds. The van der Waals surface area contributed by atoms with Crippen LogP contribution in [0.1, 0.15) is 32.0 Å². The van der Waals surface area contributed by atoms with Gasteiger partial charge in [-0.05, 0) is 54.8 Å². The molecule has 10 heteroatoms. The van der Waals surface area contributed by atoms with Crippen molar-refractivity contribution in [2.24, 2.45) is 5.73 Å². The van der Waals surface area contributed by atoms with E-state index < -0.39 is 23.4 Å². The molecule has 5 rings (SSSR count). The maximum Gasteiger partial charge on any atom is 0.269 e. The fraction of sp³-hybridized carbons (Fsp3) is 0.0833. The lowest BCUT2D eigenvalue weighted by Crippen LogP contribution is -2.16. The maximum absolute atomic E-state index is 14.0. The van der Waals surface area contributed by atoms with Crippen molar-refractivity contribution in [1.82, 2.24) is 14.8 Å². The van der Waals surface area contributed by atoms with Crippen LogP contribution in [0.4, 0.5) is 14.5 Å². The molecule has 7 nitrogen and oxygen atoms in total. The van der Waals surface area contributed by atoms with Gasteiger partial charge in [0.1, 0.15) is 16.8 Å². The molecule has 0 saturated carbocycles. The predicted octanol–water partition coefficient (Wildman–Crippen LogP) is 4.32. The summed E-state index contributed by atoms with van der Waals surface area (Å²) < 4.78 is 29.3. The molecule has 0 radical (unpaired) electrons. The van der Waals surface area contributed by atoms with E-state index in [4.69, 9.17) is 17.3 Å². The van der Waals surface area contributed by atoms with E-state index in [9.17, 15) is 18.4 Å². The topological polar surface area (TPSA) is 103 Å². The number of anilines is 1. The van der Waals surface area contributed by atoms with Gasteiger partial charge in [-0.15, -0.1) is 0 Å². The van der Waals surface area contributed by atoms with Crippen LogP contribution < -0.4 is 11.1 Å². The van der Waals surface area contributed by atoms with Crippen molar-refractivity contribution in [3.8, 4) is 16.9 Å². The Morgan fingerprint density at radius 2 is 1.82 bits per heavy atom. The van der Waals surface area contributed by atoms with Crippen molar-refractivity contribution in [2.75, 3.05) is 5.32 Å². The van der Waals surface area contributed by atoms with Gasteiger partial charge in [0.15, 0.2) is 5.69 Å². The van der Waals surface area contributed by atoms with Crippen molar-refractivity contribution < 1.29 is 18.4 Å². The van der Waals surface area contributed by atoms with Crippen LogP contribution in [0.15, 0.2) is 54.7 Å². The highest BCUT2D eigenvalue weighted by Crippen LogP contribution is 2.38. The molecule has 2 aromatic heterocycles. The molecule has 2 heterocycles. The first-order valence-corrected chi connectivity index (χ1v) is 10.6. The second-order valence-electron chi connectivity index (χ2n) is 7.75. The number of rotatable bonds is 4. The summed E-state index contributed by atoms with van der Waals surface area (Å²) in [4.78, 5) is 28.7. The van der Waals surface area contributed by atoms with Crippen LogP contribution in [-0.2, 0) is 12.8 Å². The molecule has 2 aromatic carbocycles. The summed E-state index contributed by atoms with van der Waals surface area (Å²) in [5.74, 6) is -2.77. The number of carbonyl (C=O) groups is 2. The molecule has 0 aliphatic heterocycles. The van der Waals surface area contributed by atoms with E-state index in [-0.39, 0.29) is 22.1 Å². The monoisotopic (exact) mass is 479 g/mol. The van der Waals surface area contributed by atoms with Crippen LogP contribution in [-0.4, -0.2) is 26.6 Å². The average molecular weight is 480 g/mol. The number of aryl methyl sites for hydroxylation is 1. The Morgan fingerprint density at radius 3 is 2.53 bits per heavy atom. The zero-order chi connectivity index (χ0) is 24.0. The molecule has 3 N–H and O–H groups in total. The number of hydrogen-bond donors (Lipinski definition) is 2. The summed E-state index contributed by atoms with van der Waals surface area (Å²) in [7, 11) is 0. The van der Waals surface area contributed by atoms with Gasteiger partial charge >= 0.3 is 0 Å². The number of aromatic nitrogens is 3. The van der Waals surface area contributed by atoms with E-state index in [1.165, 1.54) is 10.9 Å². The minimum Gasteiger partial charge on any atom is -0.364 e. The number of nitrogens with one attached hydrogen (secondary N) is 1. The van der Waals surface area contributed by atoms with E-state index in [0.29, 0.717) is 35.3 Å². The molecule has 1 aliphatic rings. The number of nitrogens with zero attached hydrogens (tertiary/aromatic N) is 3. The van der Waals surface area contributed by atoms with Gasteiger partial charge in [-0.1, -0.05) is 17.7 Å². The van der Waals surface area contributed by atoms with Gasteiger partial charge in [-0.2, -0.15) is 5.10 Å². The Hall–Kier alpha value is -4.11. The van der Waals surface area contributed by atoms with Crippen LogP contribution in [0.2, 0.25) is 5.15 Å². The summed E-state index contributed by atoms with van der Waals surface area (Å²) in [6.45, 7) is 0. The minimum atomic E-state index is -0.787. The molecular weight excluding hydrogens is 464 g/mol. The Balaban J connectivity index is 1.63. The molecule has 0 spiro atoms. The van der Waals surface area contributed by atoms with E-state index in [1.807, 2.05) is 6.07 Å². The molecule has 0 bridgehead atoms. The fourth-order valence-corrected chi connectivity index (χ4v) is 4.32. The van der Waals surface area contributed by atoms with E-state index >= 15 is 0 Å². The van der Waals surface area contributed by atoms with Crippen LogP contribution in [0.5, 0.6) is 0 Å². The lowest BCUT2D eigenvalue weighted by atomic mass is 9.88. The van der Waals surface area contributed by atoms with E-state index in [2.05, 4.69) is 15.4 Å². The average Bonchev–Trinajstić information content (AvgIpc) is 3.19. The Labute approximate surface area is 197 Å². The summed E-state index contributed by atoms with van der Waals surface area (Å²) >= 11 is 6.03. The summed E-state index contributed by atoms with van der Waals surface area (Å²) in [5, 5.41) is 7.14. The molecule has 34 heavy (non-hydrogen) atoms. The molecule has 170 valence electrons. The minimum absolute atomic E-state index is 0.0295. The number of carbonyl (C=O) groups excluding carboxylic acids is 2. The third-order valence-electron chi connectivity index (χ3n) is 5.58. The van der Waals surface area contributed by atoms with Gasteiger partial charge in [0.25, 0.3) is 11.8 Å². The number of pyridine rings is 1. The van der Waals surface area contributed by atoms with Crippen molar-refractivity contribution in [3.63, 3.8) is 0 Å². The molecule has 0 unspecified atom stereocenters. The Morgan fingerprint density at radius 1 is 1.06 bits per heavy atom. The fourth-order valence-electron chi connectivity index (χ4n) is 4.12. The van der Waals surface area contributed by atoms with Gasteiger partial charge in [0, 0.05) is 29.1 Å². The summed E-state index contributed by atoms with van der Waals surface area (Å²) in [6, 6.07) is 11.4. The van der Waals surface area contributed by atoms with Crippen LogP contribution in [0.25, 0.3) is 16.9 Å². The number of amides is 2. The smallest absolute Gasteiger partial charge is 0.269 e. The van der Waals surface area contributed by atoms with Crippen LogP contribution >= 0.6 is 11.6 Å². The van der Waals surface area contributed by atoms with Gasteiger partial charge in [-0.25, -0.2) is 18.4 Å². The zero-order valence-corrected chi connectivity index (χ0v) is 18.2. The van der Waals surface area contributed by atoms with Crippen molar-refractivity contribution in [1.29, 1.82) is 0 Å². The number of halogens is 3. The van der Waals surface area contributed by atoms with E-state index in [1.54, 1.807) is 24.3 Å². The second kappa shape index (κ2) is 8.35. The van der Waals surface area contributed by atoms with Gasteiger partial charge in [-0.3, -0.25) is 9.59 Å². The Kier molecular flexibility index (Phi) is 5.33. The highest BCUT2D eigenvalue weighted by Gasteiger charge is 2.29. The largest absolute Gasteiger partial charge is 0.364 e. The van der Waals surface area contributed by atoms with Crippen LogP contribution in [0.3, 0.4) is 0 Å². The molecule has 0 fully saturated rings. The number of primary amides is 1. The summed E-state index contributed by atoms with van der Waals surface area (Å²) in [5.41, 5.74) is 8.96. The lowest BCUT2D eigenvalue weighted by molar-refractivity contribution is 0.0992. The van der Waals surface area contributed by atoms with E-state index in [0.717, 1.165) is 23.8 Å². The number of fused-ring (bicyclic) bond motifs is 3. The molecular formula is C24H16ClF2N5O2. The lowest BCUT2D eigenvalue weighted by Gasteiger charge is -2.20. The number of nitrogens with two attached hydrogens (primary N) is 1. The first-order chi connectivity index (χ1) is 16.3. The second-order valence-corrected chi connectivity index (χ2v) is 8.11. The highest BCUT2D eigenvalue weighted by molar-refractivity contribution is 6.33. The maximum atomic E-state index is 14.0. The normalized spacial score (nSPS) is 12.1. The third kappa shape index (κ3) is 3.80. The summed E-state index contributed by atoms with van der Waals surface area (Å²) in [6.07, 6.45) is 2.54. The molecule has 4 aromatic rings. The SMILES string of the molecule is NC(=O)c1nn(-c2cc(F)cc(F)c2)c2c1CCc1ccc(NC(=O)c3cccnc3Cl)cc1-2. The first-order valence-electron chi connectivity index (χ1n) is 10.2. The first kappa shape index (κ1) is 21.7. The van der Waals surface area contributed by atoms with Gasteiger partial charge < -0.3 is 11.1 Å². The van der Waals surface area contributed by atoms with Crippen molar-refractivity contribution in [3.05, 3.63) is 93.9 Å². The molecule has 0 saturated heterocycles. The highest BCUT2D eigenvalue weighted by atomic mass is 35.5. The zero-order valence-electron chi connectivity index (χ0n) is 17.5. The van der Waals surface area contributed by atoms with Gasteiger partial charge in [0.05, 0.1) is 16.9 Å². The number of hydrogen-bond acceptors (Lipinski definition) is 4. The Bertz CT molecular complexity index is 1460. The molecule has 1 aliphatic carbocycles. The standard InChI is InChI=1S/C24H16ClF2N5O2/c25-22-18(2-1-7-29-22)24(34)30-15-5-3-12-4-6-17-20(23(28)33)31-32(21(17)19(12)11-15)16-9-13(26)8-14(27)10-16/h1-3,5,7-11H,4,6H2,(H2,28,33)(H,30,34). The van der Waals surface area contributed by atoms with Crippen molar-refractivity contribution in [2.45, 2.75) is 12.8 Å². The predicted molar refractivity (Wildman–Crippen MR) is 122 cm³/mol. The third-order valence-corrected chi connectivity index (χ3v) is 5.88. The van der Waals surface area contributed by atoms with Crippen LogP contribution in [0, 0.1) is 11.6 Å². The quantitative estimate of drug-likeness (QED) is 0.425. The van der Waals surface area contributed by atoms with Gasteiger partial charge in [0.2, 0.25) is 0 Å².